The minimum atomic E-state index is -4.14. The summed E-state index contributed by atoms with van der Waals surface area (Å²) < 4.78 is 47.2. The van der Waals surface area contributed by atoms with Crippen LogP contribution in [0.2, 0.25) is 0 Å². The summed E-state index contributed by atoms with van der Waals surface area (Å²) in [6.07, 6.45) is 5.44. The van der Waals surface area contributed by atoms with E-state index in [0.717, 1.165) is 19.3 Å². The van der Waals surface area contributed by atoms with Gasteiger partial charge in [-0.05, 0) is 75.0 Å². The molecular weight excluding hydrogens is 452 g/mol. The summed E-state index contributed by atoms with van der Waals surface area (Å²) >= 11 is 0. The van der Waals surface area contributed by atoms with Gasteiger partial charge in [0.1, 0.15) is 0 Å². The van der Waals surface area contributed by atoms with Crippen LogP contribution in [0.4, 0.5) is 0 Å². The van der Waals surface area contributed by atoms with Crippen molar-refractivity contribution in [3.8, 4) is 0 Å². The Balaban J connectivity index is 1.26. The Labute approximate surface area is 193 Å². The van der Waals surface area contributed by atoms with E-state index < -0.39 is 57.3 Å². The number of hydrogen-bond donors (Lipinski definition) is 1. The molecule has 184 valence electrons. The molecule has 6 rings (SSSR count). The highest BCUT2D eigenvalue weighted by atomic mass is 32.2. The lowest BCUT2D eigenvalue weighted by atomic mass is 9.49. The molecule has 10 heteroatoms. The fourth-order valence-electron chi connectivity index (χ4n) is 7.82. The Bertz CT molecular complexity index is 906. The van der Waals surface area contributed by atoms with Gasteiger partial charge in [-0.2, -0.15) is 8.42 Å². The summed E-state index contributed by atoms with van der Waals surface area (Å²) in [5.41, 5.74) is -0.492. The van der Waals surface area contributed by atoms with Crippen molar-refractivity contribution in [2.24, 2.45) is 46.8 Å². The number of ether oxygens (including phenoxy) is 3. The highest BCUT2D eigenvalue weighted by Gasteiger charge is 2.61. The second-order valence-electron chi connectivity index (χ2n) is 11.1. The first-order valence-corrected chi connectivity index (χ1v) is 13.7. The zero-order valence-corrected chi connectivity index (χ0v) is 19.6. The predicted molar refractivity (Wildman–Crippen MR) is 113 cm³/mol. The van der Waals surface area contributed by atoms with Crippen LogP contribution in [0.5, 0.6) is 0 Å². The quantitative estimate of drug-likeness (QED) is 0.328. The van der Waals surface area contributed by atoms with Gasteiger partial charge in [-0.1, -0.05) is 6.92 Å². The van der Waals surface area contributed by atoms with Gasteiger partial charge in [-0.3, -0.25) is 18.9 Å². The van der Waals surface area contributed by atoms with Crippen molar-refractivity contribution in [2.45, 2.75) is 64.6 Å². The maximum atomic E-state index is 13.4. The van der Waals surface area contributed by atoms with E-state index in [1.807, 2.05) is 6.92 Å². The highest BCUT2D eigenvalue weighted by molar-refractivity contribution is 7.85. The van der Waals surface area contributed by atoms with E-state index in [-0.39, 0.29) is 24.9 Å². The van der Waals surface area contributed by atoms with E-state index in [2.05, 4.69) is 0 Å². The van der Waals surface area contributed by atoms with Crippen molar-refractivity contribution in [1.29, 1.82) is 0 Å². The molecule has 0 aromatic carbocycles. The number of carbonyl (C=O) groups is 3. The smallest absolute Gasteiger partial charge is 0.315 e. The molecule has 33 heavy (non-hydrogen) atoms. The highest BCUT2D eigenvalue weighted by Crippen LogP contribution is 2.61. The van der Waals surface area contributed by atoms with Crippen molar-refractivity contribution >= 4 is 28.0 Å². The molecule has 6 fully saturated rings. The first-order chi connectivity index (χ1) is 15.5. The molecule has 1 saturated heterocycles. The van der Waals surface area contributed by atoms with Crippen molar-refractivity contribution in [2.75, 3.05) is 12.4 Å². The minimum absolute atomic E-state index is 0.0446. The van der Waals surface area contributed by atoms with E-state index in [1.54, 1.807) is 0 Å². The Morgan fingerprint density at radius 2 is 1.70 bits per heavy atom. The van der Waals surface area contributed by atoms with Gasteiger partial charge in [-0.25, -0.2) is 0 Å². The average Bonchev–Trinajstić information content (AvgIpc) is 3.00. The largest absolute Gasteiger partial charge is 0.465 e. The average molecular weight is 485 g/mol. The lowest BCUT2D eigenvalue weighted by Gasteiger charge is -2.55. The van der Waals surface area contributed by atoms with E-state index in [1.165, 1.54) is 19.3 Å². The summed E-state index contributed by atoms with van der Waals surface area (Å²) in [4.78, 5) is 39.0. The molecule has 1 N–H and O–H groups in total. The molecule has 0 amide bonds. The molecule has 5 saturated carbocycles. The predicted octanol–water partition coefficient (Wildman–Crippen LogP) is 2.34. The lowest BCUT2D eigenvalue weighted by Crippen LogP contribution is -2.53. The third kappa shape index (κ3) is 4.29. The van der Waals surface area contributed by atoms with Crippen molar-refractivity contribution in [3.63, 3.8) is 0 Å². The zero-order valence-electron chi connectivity index (χ0n) is 18.8. The van der Waals surface area contributed by atoms with Crippen molar-refractivity contribution in [3.05, 3.63) is 0 Å². The van der Waals surface area contributed by atoms with Crippen LogP contribution in [0.25, 0.3) is 0 Å². The van der Waals surface area contributed by atoms with Crippen LogP contribution in [-0.4, -0.2) is 49.5 Å². The molecule has 0 aromatic rings. The Kier molecular flexibility index (Phi) is 5.75. The maximum Gasteiger partial charge on any atom is 0.315 e. The molecule has 5 aliphatic carbocycles. The van der Waals surface area contributed by atoms with Gasteiger partial charge in [0, 0.05) is 5.92 Å². The first kappa shape index (κ1) is 23.1. The van der Waals surface area contributed by atoms with Gasteiger partial charge in [0.25, 0.3) is 16.4 Å². The maximum absolute atomic E-state index is 13.4. The standard InChI is InChI=1S/C23H32O9S/c1-12-5-16-18(19(24)30-3-2-4-33(27,28)29)17(12)20(25)31-21(16)32-22(26)23-9-13-6-14(10-23)8-15(7-13)11-23/h12-18,21H,2-11H2,1H3,(H,27,28,29). The van der Waals surface area contributed by atoms with E-state index in [9.17, 15) is 22.8 Å². The molecule has 1 heterocycles. The normalized spacial score (nSPS) is 43.3. The Morgan fingerprint density at radius 3 is 2.27 bits per heavy atom. The molecule has 5 unspecified atom stereocenters. The minimum Gasteiger partial charge on any atom is -0.465 e. The molecule has 0 radical (unpaired) electrons. The number of fused-ring (bicyclic) bond motifs is 2. The molecule has 0 aromatic heterocycles. The van der Waals surface area contributed by atoms with Crippen molar-refractivity contribution < 1.29 is 41.6 Å². The summed E-state index contributed by atoms with van der Waals surface area (Å²) in [6.45, 7) is 1.68. The summed E-state index contributed by atoms with van der Waals surface area (Å²) in [7, 11) is -4.14. The third-order valence-electron chi connectivity index (χ3n) is 8.72. The fraction of sp³-hybridized carbons (Fsp3) is 0.870. The van der Waals surface area contributed by atoms with Crippen LogP contribution in [0.15, 0.2) is 0 Å². The third-order valence-corrected chi connectivity index (χ3v) is 9.52. The monoisotopic (exact) mass is 484 g/mol. The molecule has 9 nitrogen and oxygen atoms in total. The van der Waals surface area contributed by atoms with Gasteiger partial charge in [0.2, 0.25) is 0 Å². The Morgan fingerprint density at radius 1 is 1.09 bits per heavy atom. The number of esters is 3. The summed E-state index contributed by atoms with van der Waals surface area (Å²) in [5.74, 6) is -2.33. The molecule has 0 spiro atoms. The van der Waals surface area contributed by atoms with Gasteiger partial charge in [0.05, 0.1) is 29.6 Å². The fourth-order valence-corrected chi connectivity index (χ4v) is 8.30. The second kappa shape index (κ2) is 8.22. The molecule has 5 atom stereocenters. The summed E-state index contributed by atoms with van der Waals surface area (Å²) in [5, 5.41) is 0. The van der Waals surface area contributed by atoms with Crippen molar-refractivity contribution in [1.82, 2.24) is 0 Å². The van der Waals surface area contributed by atoms with Crippen LogP contribution >= 0.6 is 0 Å². The van der Waals surface area contributed by atoms with Gasteiger partial charge >= 0.3 is 17.9 Å². The zero-order chi connectivity index (χ0) is 23.5. The number of cyclic esters (lactones) is 1. The van der Waals surface area contributed by atoms with E-state index in [0.29, 0.717) is 24.2 Å². The molecular formula is C23H32O9S. The van der Waals surface area contributed by atoms with Crippen LogP contribution in [0.3, 0.4) is 0 Å². The van der Waals surface area contributed by atoms with Gasteiger partial charge in [-0.15, -0.1) is 0 Å². The molecule has 6 aliphatic rings. The molecule has 6 bridgehead atoms. The number of hydrogen-bond acceptors (Lipinski definition) is 8. The number of rotatable bonds is 7. The SMILES string of the molecule is CC1CC2C(OC(=O)C34CC5CC(CC(C5)C3)C4)OC(=O)C1C2C(=O)OCCCS(=O)(=O)O. The van der Waals surface area contributed by atoms with Crippen LogP contribution in [0, 0.1) is 46.8 Å². The number of carbonyl (C=O) groups excluding carboxylic acids is 3. The topological polar surface area (TPSA) is 133 Å². The van der Waals surface area contributed by atoms with Crippen LogP contribution in [-0.2, 0) is 38.7 Å². The van der Waals surface area contributed by atoms with E-state index >= 15 is 0 Å². The van der Waals surface area contributed by atoms with E-state index in [4.69, 9.17) is 18.8 Å². The second-order valence-corrected chi connectivity index (χ2v) is 12.7. The lowest BCUT2D eigenvalue weighted by molar-refractivity contribution is -0.228. The van der Waals surface area contributed by atoms with Gasteiger partial charge < -0.3 is 14.2 Å². The Hall–Kier alpha value is -1.68. The summed E-state index contributed by atoms with van der Waals surface area (Å²) in [6, 6.07) is 0. The van der Waals surface area contributed by atoms with Crippen LogP contribution in [0.1, 0.15) is 58.3 Å². The first-order valence-electron chi connectivity index (χ1n) is 12.1. The molecule has 1 aliphatic heterocycles. The van der Waals surface area contributed by atoms with Gasteiger partial charge in [0.15, 0.2) is 0 Å². The van der Waals surface area contributed by atoms with Crippen LogP contribution < -0.4 is 0 Å².